The van der Waals surface area contributed by atoms with E-state index in [0.717, 1.165) is 45.5 Å². The highest BCUT2D eigenvalue weighted by molar-refractivity contribution is 6.26. The van der Waals surface area contributed by atoms with Crippen molar-refractivity contribution in [1.29, 1.82) is 0 Å². The third-order valence-electron chi connectivity index (χ3n) is 15.5. The van der Waals surface area contributed by atoms with Crippen molar-refractivity contribution in [3.8, 4) is 22.5 Å². The van der Waals surface area contributed by atoms with Crippen LogP contribution in [0.15, 0.2) is 243 Å². The Hall–Kier alpha value is -9.12. The third kappa shape index (κ3) is 5.79. The van der Waals surface area contributed by atoms with Gasteiger partial charge in [0, 0.05) is 72.5 Å². The molecule has 0 aliphatic heterocycles. The summed E-state index contributed by atoms with van der Waals surface area (Å²) in [7, 11) is 0. The van der Waals surface area contributed by atoms with E-state index < -0.39 is 0 Å². The van der Waals surface area contributed by atoms with Gasteiger partial charge in [-0.2, -0.15) is 0 Å². The van der Waals surface area contributed by atoms with Crippen LogP contribution in [0.5, 0.6) is 0 Å². The molecule has 0 atom stereocenters. The minimum atomic E-state index is -0.176. The van der Waals surface area contributed by atoms with Crippen LogP contribution < -0.4 is 9.80 Å². The molecule has 2 aromatic heterocycles. The average Bonchev–Trinajstić information content (AvgIpc) is 4.02. The first-order chi connectivity index (χ1) is 35.0. The Kier molecular flexibility index (Phi) is 8.38. The number of para-hydroxylation sites is 3. The summed E-state index contributed by atoms with van der Waals surface area (Å²) < 4.78 is 4.90. The number of rotatable bonds is 8. The number of fused-ring (bicyclic) bond motifs is 3. The molecule has 12 aromatic carbocycles. The summed E-state index contributed by atoms with van der Waals surface area (Å²) >= 11 is 0. The van der Waals surface area contributed by atoms with Gasteiger partial charge in [-0.3, -0.25) is 0 Å². The molecule has 334 valence electrons. The normalized spacial score (nSPS) is 13.0. The molecule has 0 fully saturated rings. The molecular weight excluding hydrogens is 861 g/mol. The van der Waals surface area contributed by atoms with Crippen molar-refractivity contribution in [2.45, 2.75) is 19.3 Å². The molecule has 0 N–H and O–H groups in total. The number of benzene rings is 12. The van der Waals surface area contributed by atoms with Crippen molar-refractivity contribution in [3.05, 3.63) is 254 Å². The topological polar surface area (TPSA) is 16.3 Å². The number of anilines is 6. The van der Waals surface area contributed by atoms with Gasteiger partial charge in [-0.1, -0.05) is 153 Å². The van der Waals surface area contributed by atoms with Gasteiger partial charge in [0.15, 0.2) is 0 Å². The lowest BCUT2D eigenvalue weighted by molar-refractivity contribution is 0.660. The predicted octanol–water partition coefficient (Wildman–Crippen LogP) is 18.3. The van der Waals surface area contributed by atoms with Crippen molar-refractivity contribution in [2.75, 3.05) is 9.80 Å². The molecule has 0 spiro atoms. The van der Waals surface area contributed by atoms with Crippen LogP contribution in [0.2, 0.25) is 0 Å². The van der Waals surface area contributed by atoms with Crippen LogP contribution in [0.3, 0.4) is 0 Å². The summed E-state index contributed by atoms with van der Waals surface area (Å²) in [5.74, 6) is 0. The van der Waals surface area contributed by atoms with Gasteiger partial charge < -0.3 is 18.9 Å². The largest absolute Gasteiger partial charge is 0.310 e. The minimum absolute atomic E-state index is 0.176. The standard InChI is InChI=1S/C67H46N4/c1-67(2)57-28-13-12-27-55(57)56-36-35-52(40-58(56)67)69(54-38-46-34-32-44-18-15-30-60-64(44)66(46)62(42-54)71(60)49-23-10-5-11-24-49)51-26-16-25-50(39-51)68(47-19-6-3-7-20-47)53-37-45-33-31-43-17-14-29-59-63(43)65(45)61(41-53)70(59)48-21-8-4-9-22-48/h3-42H,1-2H3. The van der Waals surface area contributed by atoms with E-state index >= 15 is 0 Å². The minimum Gasteiger partial charge on any atom is -0.310 e. The highest BCUT2D eigenvalue weighted by atomic mass is 15.2. The maximum absolute atomic E-state index is 2.49. The molecule has 15 rings (SSSR count). The fraction of sp³-hybridized carbons (Fsp3) is 0.0448. The summed E-state index contributed by atoms with van der Waals surface area (Å²) in [4.78, 5) is 4.92. The molecule has 2 heterocycles. The summed E-state index contributed by atoms with van der Waals surface area (Å²) in [6.07, 6.45) is 0. The van der Waals surface area contributed by atoms with Crippen LogP contribution in [-0.2, 0) is 5.41 Å². The molecule has 14 aromatic rings. The zero-order valence-corrected chi connectivity index (χ0v) is 39.4. The first kappa shape index (κ1) is 39.8. The predicted molar refractivity (Wildman–Crippen MR) is 299 cm³/mol. The van der Waals surface area contributed by atoms with Crippen LogP contribution in [0, 0.1) is 0 Å². The van der Waals surface area contributed by atoms with Crippen LogP contribution in [-0.4, -0.2) is 9.13 Å². The van der Waals surface area contributed by atoms with E-state index in [2.05, 4.69) is 275 Å². The van der Waals surface area contributed by atoms with Gasteiger partial charge in [0.05, 0.1) is 22.1 Å². The van der Waals surface area contributed by atoms with Crippen molar-refractivity contribution < 1.29 is 0 Å². The molecule has 71 heavy (non-hydrogen) atoms. The maximum atomic E-state index is 2.49. The van der Waals surface area contributed by atoms with E-state index in [1.165, 1.54) is 87.4 Å². The quantitative estimate of drug-likeness (QED) is 0.141. The number of nitrogens with zero attached hydrogens (tertiary/aromatic N) is 4. The van der Waals surface area contributed by atoms with Gasteiger partial charge in [0.1, 0.15) is 0 Å². The fourth-order valence-corrected chi connectivity index (χ4v) is 12.4. The molecule has 1 aliphatic carbocycles. The summed E-state index contributed by atoms with van der Waals surface area (Å²) in [5.41, 5.74) is 18.7. The molecule has 0 saturated heterocycles. The first-order valence-electron chi connectivity index (χ1n) is 24.7. The first-order valence-corrected chi connectivity index (χ1v) is 24.7. The number of hydrogen-bond donors (Lipinski definition) is 0. The Morgan fingerprint density at radius 1 is 0.282 bits per heavy atom. The highest BCUT2D eigenvalue weighted by Gasteiger charge is 2.36. The molecule has 0 radical (unpaired) electrons. The van der Waals surface area contributed by atoms with Crippen LogP contribution in [0.4, 0.5) is 34.1 Å². The molecular formula is C67H46N4. The number of hydrogen-bond acceptors (Lipinski definition) is 2. The van der Waals surface area contributed by atoms with E-state index in [4.69, 9.17) is 0 Å². The average molecular weight is 907 g/mol. The van der Waals surface area contributed by atoms with Crippen molar-refractivity contribution >= 4 is 99.3 Å². The van der Waals surface area contributed by atoms with E-state index in [0.29, 0.717) is 0 Å². The van der Waals surface area contributed by atoms with Crippen LogP contribution in [0.25, 0.3) is 87.7 Å². The molecule has 1 aliphatic rings. The van der Waals surface area contributed by atoms with Gasteiger partial charge in [0.25, 0.3) is 0 Å². The zero-order chi connectivity index (χ0) is 47.0. The lowest BCUT2D eigenvalue weighted by Gasteiger charge is -2.31. The fourth-order valence-electron chi connectivity index (χ4n) is 12.4. The molecule has 0 unspecified atom stereocenters. The van der Waals surface area contributed by atoms with Gasteiger partial charge in [-0.25, -0.2) is 0 Å². The Balaban J connectivity index is 0.980. The second kappa shape index (κ2) is 14.9. The molecule has 4 heteroatoms. The molecule has 4 nitrogen and oxygen atoms in total. The molecule has 0 amide bonds. The van der Waals surface area contributed by atoms with Crippen LogP contribution in [0.1, 0.15) is 25.0 Å². The summed E-state index contributed by atoms with van der Waals surface area (Å²) in [5, 5.41) is 10.1. The maximum Gasteiger partial charge on any atom is 0.0568 e. The van der Waals surface area contributed by atoms with Gasteiger partial charge in [0.2, 0.25) is 0 Å². The Bertz CT molecular complexity index is 4370. The van der Waals surface area contributed by atoms with E-state index in [-0.39, 0.29) is 5.41 Å². The highest BCUT2D eigenvalue weighted by Crippen LogP contribution is 2.52. The Morgan fingerprint density at radius 2 is 0.718 bits per heavy atom. The van der Waals surface area contributed by atoms with Gasteiger partial charge in [-0.15, -0.1) is 0 Å². The monoisotopic (exact) mass is 906 g/mol. The van der Waals surface area contributed by atoms with Gasteiger partial charge in [-0.05, 0) is 147 Å². The Labute approximate surface area is 411 Å². The number of aromatic nitrogens is 2. The summed E-state index contributed by atoms with van der Waals surface area (Å²) in [6, 6.07) is 89.8. The lowest BCUT2D eigenvalue weighted by Crippen LogP contribution is -2.17. The van der Waals surface area contributed by atoms with Crippen molar-refractivity contribution in [3.63, 3.8) is 0 Å². The molecule has 0 saturated carbocycles. The molecule has 0 bridgehead atoms. The van der Waals surface area contributed by atoms with Crippen molar-refractivity contribution in [2.24, 2.45) is 0 Å². The second-order valence-electron chi connectivity index (χ2n) is 19.8. The van der Waals surface area contributed by atoms with E-state index in [1.54, 1.807) is 0 Å². The van der Waals surface area contributed by atoms with Crippen molar-refractivity contribution in [1.82, 2.24) is 9.13 Å². The van der Waals surface area contributed by atoms with Crippen LogP contribution >= 0.6 is 0 Å². The Morgan fingerprint density at radius 3 is 1.30 bits per heavy atom. The van der Waals surface area contributed by atoms with Gasteiger partial charge >= 0.3 is 0 Å². The third-order valence-corrected chi connectivity index (χ3v) is 15.5. The second-order valence-corrected chi connectivity index (χ2v) is 19.8. The van der Waals surface area contributed by atoms with E-state index in [9.17, 15) is 0 Å². The zero-order valence-electron chi connectivity index (χ0n) is 39.4. The SMILES string of the molecule is CC1(C)c2ccccc2-c2ccc(N(c3cccc(N(c4ccccc4)c4cc5ccc6cccc7c6c5c(c4)n7-c4ccccc4)c3)c3cc4ccc5cccc6c5c4c(c3)n6-c3ccccc3)cc21. The van der Waals surface area contributed by atoms with E-state index in [1.807, 2.05) is 0 Å². The smallest absolute Gasteiger partial charge is 0.0568 e. The lowest BCUT2D eigenvalue weighted by atomic mass is 9.82. The summed E-state index contributed by atoms with van der Waals surface area (Å²) in [6.45, 7) is 4.75.